The maximum Gasteiger partial charge on any atom is 0.278 e. The van der Waals surface area contributed by atoms with Crippen molar-refractivity contribution in [3.8, 4) is 11.5 Å². The Hall–Kier alpha value is -3.22. The molecule has 4 rings (SSSR count). The first kappa shape index (κ1) is 18.2. The number of hydrogen-bond acceptors (Lipinski definition) is 5. The molecule has 28 heavy (non-hydrogen) atoms. The van der Waals surface area contributed by atoms with Crippen molar-refractivity contribution in [1.82, 2.24) is 4.98 Å². The zero-order valence-corrected chi connectivity index (χ0v) is 15.7. The van der Waals surface area contributed by atoms with Gasteiger partial charge in [0.25, 0.3) is 5.69 Å². The second-order valence-electron chi connectivity index (χ2n) is 5.85. The Morgan fingerprint density at radius 3 is 2.71 bits per heavy atom. The van der Waals surface area contributed by atoms with Crippen LogP contribution in [0.3, 0.4) is 0 Å². The molecule has 0 spiro atoms. The molecule has 0 amide bonds. The predicted molar refractivity (Wildman–Crippen MR) is 110 cm³/mol. The van der Waals surface area contributed by atoms with E-state index in [9.17, 15) is 10.1 Å². The van der Waals surface area contributed by atoms with E-state index in [4.69, 9.17) is 27.6 Å². The fourth-order valence-electron chi connectivity index (χ4n) is 2.69. The van der Waals surface area contributed by atoms with Crippen LogP contribution >= 0.6 is 23.2 Å². The highest BCUT2D eigenvalue weighted by Gasteiger charge is 2.14. The van der Waals surface area contributed by atoms with Crippen molar-refractivity contribution < 1.29 is 9.34 Å². The van der Waals surface area contributed by atoms with Gasteiger partial charge in [-0.2, -0.15) is 0 Å². The summed E-state index contributed by atoms with van der Waals surface area (Å²) in [6.45, 7) is 0. The number of para-hydroxylation sites is 1. The van der Waals surface area contributed by atoms with Crippen LogP contribution in [0.4, 0.5) is 11.4 Å². The summed E-state index contributed by atoms with van der Waals surface area (Å²) in [5.74, 6) is 0.349. The summed E-state index contributed by atoms with van der Waals surface area (Å²) in [4.78, 5) is 19.4. The average molecular weight is 412 g/mol. The molecule has 0 aliphatic rings. The van der Waals surface area contributed by atoms with Gasteiger partial charge < -0.3 is 4.42 Å². The highest BCUT2D eigenvalue weighted by atomic mass is 35.5. The summed E-state index contributed by atoms with van der Waals surface area (Å²) in [6.07, 6.45) is 1.45. The molecule has 0 aliphatic carbocycles. The molecule has 0 aliphatic heterocycles. The van der Waals surface area contributed by atoms with Crippen molar-refractivity contribution in [1.29, 1.82) is 0 Å². The summed E-state index contributed by atoms with van der Waals surface area (Å²) >= 11 is 12.3. The van der Waals surface area contributed by atoms with Crippen LogP contribution in [0.15, 0.2) is 70.1 Å². The molecule has 4 aromatic rings. The fourth-order valence-corrected chi connectivity index (χ4v) is 3.07. The molecule has 138 valence electrons. The molecule has 0 unspecified atom stereocenters. The van der Waals surface area contributed by atoms with Crippen LogP contribution < -0.4 is 0 Å². The smallest absolute Gasteiger partial charge is 0.278 e. The van der Waals surface area contributed by atoms with Crippen LogP contribution in [0.5, 0.6) is 0 Å². The molecular formula is C20H11Cl2N3O3. The monoisotopic (exact) mass is 411 g/mol. The van der Waals surface area contributed by atoms with Gasteiger partial charge in [0.2, 0.25) is 5.89 Å². The van der Waals surface area contributed by atoms with Crippen LogP contribution in [0.25, 0.3) is 22.6 Å². The van der Waals surface area contributed by atoms with E-state index in [0.717, 1.165) is 0 Å². The fraction of sp³-hybridized carbons (Fsp3) is 0. The molecule has 0 radical (unpaired) electrons. The maximum absolute atomic E-state index is 11.1. The summed E-state index contributed by atoms with van der Waals surface area (Å²) in [5, 5.41) is 11.9. The largest absolute Gasteiger partial charge is 0.436 e. The van der Waals surface area contributed by atoms with Crippen LogP contribution in [0.1, 0.15) is 5.56 Å². The van der Waals surface area contributed by atoms with Gasteiger partial charge in [0.05, 0.1) is 31.8 Å². The van der Waals surface area contributed by atoms with Crippen LogP contribution in [0.2, 0.25) is 10.0 Å². The Morgan fingerprint density at radius 2 is 1.89 bits per heavy atom. The standard InChI is InChI=1S/C20H11Cl2N3O3/c21-15-6-3-5-14(19(15)22)20-24-16-10-13(8-9-18(16)28-20)23-11-12-4-1-2-7-17(12)25(26)27/h1-11H. The Kier molecular flexibility index (Phi) is 4.81. The molecular weight excluding hydrogens is 401 g/mol. The number of nitro groups is 1. The number of aromatic nitrogens is 1. The second-order valence-corrected chi connectivity index (χ2v) is 6.63. The first-order chi connectivity index (χ1) is 13.5. The minimum absolute atomic E-state index is 0.00773. The van der Waals surface area contributed by atoms with Gasteiger partial charge in [-0.3, -0.25) is 15.1 Å². The van der Waals surface area contributed by atoms with E-state index in [1.807, 2.05) is 0 Å². The summed E-state index contributed by atoms with van der Waals surface area (Å²) in [6, 6.07) is 16.8. The van der Waals surface area contributed by atoms with E-state index in [1.54, 1.807) is 54.6 Å². The third kappa shape index (κ3) is 3.47. The lowest BCUT2D eigenvalue weighted by molar-refractivity contribution is -0.385. The lowest BCUT2D eigenvalue weighted by Crippen LogP contribution is -1.93. The van der Waals surface area contributed by atoms with Gasteiger partial charge >= 0.3 is 0 Å². The summed E-state index contributed by atoms with van der Waals surface area (Å²) in [7, 11) is 0. The zero-order valence-electron chi connectivity index (χ0n) is 14.2. The zero-order chi connectivity index (χ0) is 19.7. The van der Waals surface area contributed by atoms with Gasteiger partial charge in [0.15, 0.2) is 5.58 Å². The van der Waals surface area contributed by atoms with Crippen LogP contribution in [0, 0.1) is 10.1 Å². The third-order valence-electron chi connectivity index (χ3n) is 4.04. The Bertz CT molecular complexity index is 1230. The Labute approximate surface area is 169 Å². The SMILES string of the molecule is O=[N+]([O-])c1ccccc1C=Nc1ccc2oc(-c3cccc(Cl)c3Cl)nc2c1. The Balaban J connectivity index is 1.69. The highest BCUT2D eigenvalue weighted by Crippen LogP contribution is 2.35. The molecule has 1 heterocycles. The number of rotatable bonds is 4. The van der Waals surface area contributed by atoms with Gasteiger partial charge in [-0.05, 0) is 36.4 Å². The third-order valence-corrected chi connectivity index (χ3v) is 4.86. The van der Waals surface area contributed by atoms with Crippen molar-refractivity contribution in [2.24, 2.45) is 4.99 Å². The summed E-state index contributed by atoms with van der Waals surface area (Å²) in [5.41, 5.74) is 2.74. The van der Waals surface area contributed by atoms with Crippen LogP contribution in [-0.2, 0) is 0 Å². The quantitative estimate of drug-likeness (QED) is 0.219. The number of benzene rings is 3. The van der Waals surface area contributed by atoms with Gasteiger partial charge in [-0.1, -0.05) is 41.4 Å². The molecule has 0 N–H and O–H groups in total. The lowest BCUT2D eigenvalue weighted by Gasteiger charge is -2.00. The molecule has 0 bridgehead atoms. The number of halogens is 2. The number of nitrogens with zero attached hydrogens (tertiary/aromatic N) is 3. The van der Waals surface area contributed by atoms with E-state index in [-0.39, 0.29) is 5.69 Å². The van der Waals surface area contributed by atoms with Gasteiger partial charge in [-0.25, -0.2) is 4.98 Å². The molecule has 8 heteroatoms. The van der Waals surface area contributed by atoms with Crippen molar-refractivity contribution in [2.75, 3.05) is 0 Å². The molecule has 6 nitrogen and oxygen atoms in total. The molecule has 1 aromatic heterocycles. The van der Waals surface area contributed by atoms with Gasteiger partial charge in [0.1, 0.15) is 5.52 Å². The molecule has 0 saturated heterocycles. The van der Waals surface area contributed by atoms with Crippen molar-refractivity contribution >= 4 is 51.9 Å². The predicted octanol–water partition coefficient (Wildman–Crippen LogP) is 6.46. The van der Waals surface area contributed by atoms with E-state index in [2.05, 4.69) is 9.98 Å². The van der Waals surface area contributed by atoms with Crippen molar-refractivity contribution in [3.63, 3.8) is 0 Å². The first-order valence-corrected chi connectivity index (χ1v) is 8.91. The van der Waals surface area contributed by atoms with Gasteiger partial charge in [-0.15, -0.1) is 0 Å². The first-order valence-electron chi connectivity index (χ1n) is 8.15. The Morgan fingerprint density at radius 1 is 1.07 bits per heavy atom. The van der Waals surface area contributed by atoms with Crippen molar-refractivity contribution in [3.05, 3.63) is 86.4 Å². The number of fused-ring (bicyclic) bond motifs is 1. The van der Waals surface area contributed by atoms with E-state index < -0.39 is 4.92 Å². The van der Waals surface area contributed by atoms with Crippen molar-refractivity contribution in [2.45, 2.75) is 0 Å². The minimum atomic E-state index is -0.441. The van der Waals surface area contributed by atoms with Gasteiger partial charge in [0, 0.05) is 12.3 Å². The molecule has 0 saturated carbocycles. The van der Waals surface area contributed by atoms with E-state index >= 15 is 0 Å². The topological polar surface area (TPSA) is 81.5 Å². The van der Waals surface area contributed by atoms with Crippen LogP contribution in [-0.4, -0.2) is 16.1 Å². The maximum atomic E-state index is 11.1. The van der Waals surface area contributed by atoms with E-state index in [0.29, 0.717) is 43.9 Å². The second kappa shape index (κ2) is 7.42. The molecule has 3 aromatic carbocycles. The normalized spacial score (nSPS) is 11.4. The number of hydrogen-bond donors (Lipinski definition) is 0. The highest BCUT2D eigenvalue weighted by molar-refractivity contribution is 6.43. The lowest BCUT2D eigenvalue weighted by atomic mass is 10.2. The summed E-state index contributed by atoms with van der Waals surface area (Å²) < 4.78 is 5.76. The number of aliphatic imine (C=N–C) groups is 1. The average Bonchev–Trinajstić information content (AvgIpc) is 3.11. The number of oxazole rings is 1. The molecule has 0 atom stereocenters. The molecule has 0 fully saturated rings. The minimum Gasteiger partial charge on any atom is -0.436 e. The number of nitro benzene ring substituents is 1. The van der Waals surface area contributed by atoms with E-state index in [1.165, 1.54) is 12.3 Å².